The summed E-state index contributed by atoms with van der Waals surface area (Å²) in [6, 6.07) is 19.2. The largest absolute Gasteiger partial charge is 0.371 e. The number of urea groups is 2. The Morgan fingerprint density at radius 3 is 2.06 bits per heavy atom. The lowest BCUT2D eigenvalue weighted by molar-refractivity contribution is 0.172. The van der Waals surface area contributed by atoms with Crippen LogP contribution in [-0.2, 0) is 0 Å². The Bertz CT molecular complexity index is 972. The van der Waals surface area contributed by atoms with Crippen LogP contribution in [-0.4, -0.2) is 55.2 Å². The molecule has 2 aromatic carbocycles. The minimum absolute atomic E-state index is 0.0148. The van der Waals surface area contributed by atoms with Crippen LogP contribution in [0.5, 0.6) is 0 Å². The van der Waals surface area contributed by atoms with Crippen molar-refractivity contribution in [3.8, 4) is 6.07 Å². The summed E-state index contributed by atoms with van der Waals surface area (Å²) in [5.41, 5.74) is 2.54. The zero-order valence-electron chi connectivity index (χ0n) is 18.7. The Morgan fingerprint density at radius 2 is 1.42 bits per heavy atom. The van der Waals surface area contributed by atoms with Crippen LogP contribution in [0.15, 0.2) is 54.6 Å². The number of nitriles is 1. The van der Waals surface area contributed by atoms with Crippen LogP contribution in [0.1, 0.15) is 31.2 Å². The van der Waals surface area contributed by atoms with E-state index >= 15 is 0 Å². The minimum Gasteiger partial charge on any atom is -0.371 e. The van der Waals surface area contributed by atoms with Crippen molar-refractivity contribution in [2.45, 2.75) is 37.8 Å². The lowest BCUT2D eigenvalue weighted by atomic mass is 10.0. The summed E-state index contributed by atoms with van der Waals surface area (Å²) in [6.07, 6.45) is 3.27. The maximum Gasteiger partial charge on any atom is 0.319 e. The molecule has 8 nitrogen and oxygen atoms in total. The third kappa shape index (κ3) is 6.16. The van der Waals surface area contributed by atoms with Crippen LogP contribution >= 0.6 is 0 Å². The minimum atomic E-state index is -0.210. The highest BCUT2D eigenvalue weighted by Crippen LogP contribution is 2.21. The first-order valence-corrected chi connectivity index (χ1v) is 11.5. The van der Waals surface area contributed by atoms with E-state index in [4.69, 9.17) is 5.26 Å². The fourth-order valence-electron chi connectivity index (χ4n) is 4.40. The SMILES string of the molecule is N#Cc1ccc(N2CCC(NC(=O)N3CCC(NC(=O)Nc4ccccc4)CC3)CC2)cc1. The van der Waals surface area contributed by atoms with Crippen LogP contribution in [0.2, 0.25) is 0 Å². The first-order valence-electron chi connectivity index (χ1n) is 11.5. The van der Waals surface area contributed by atoms with E-state index in [1.165, 1.54) is 0 Å². The summed E-state index contributed by atoms with van der Waals surface area (Å²) in [6.45, 7) is 3.01. The summed E-state index contributed by atoms with van der Waals surface area (Å²) in [5, 5.41) is 18.0. The molecule has 4 rings (SSSR count). The maximum absolute atomic E-state index is 12.7. The number of carbonyl (C=O) groups excluding carboxylic acids is 2. The molecular formula is C25H30N6O2. The van der Waals surface area contributed by atoms with Gasteiger partial charge in [0, 0.05) is 49.6 Å². The Balaban J connectivity index is 1.16. The Morgan fingerprint density at radius 1 is 0.818 bits per heavy atom. The number of carbonyl (C=O) groups is 2. The summed E-state index contributed by atoms with van der Waals surface area (Å²) in [7, 11) is 0. The van der Waals surface area contributed by atoms with Crippen LogP contribution in [0, 0.1) is 11.3 Å². The van der Waals surface area contributed by atoms with Gasteiger partial charge < -0.3 is 25.8 Å². The second kappa shape index (κ2) is 10.7. The molecule has 33 heavy (non-hydrogen) atoms. The standard InChI is InChI=1S/C25H30N6O2/c26-18-19-6-8-23(9-7-19)30-14-10-22(11-15-30)29-25(33)31-16-12-21(13-17-31)28-24(32)27-20-4-2-1-3-5-20/h1-9,21-22H,10-17H2,(H,29,33)(H2,27,28,32). The van der Waals surface area contributed by atoms with Crippen molar-refractivity contribution in [3.05, 3.63) is 60.2 Å². The number of benzene rings is 2. The van der Waals surface area contributed by atoms with Crippen molar-refractivity contribution in [2.75, 3.05) is 36.4 Å². The first-order chi connectivity index (χ1) is 16.1. The molecule has 2 saturated heterocycles. The third-order valence-corrected chi connectivity index (χ3v) is 6.33. The monoisotopic (exact) mass is 446 g/mol. The molecule has 4 amide bonds. The molecule has 0 aromatic heterocycles. The highest BCUT2D eigenvalue weighted by molar-refractivity contribution is 5.89. The van der Waals surface area contributed by atoms with E-state index in [2.05, 4.69) is 26.9 Å². The Kier molecular flexibility index (Phi) is 7.30. The zero-order chi connectivity index (χ0) is 23.0. The number of likely N-dealkylation sites (tertiary alicyclic amines) is 1. The molecule has 2 aromatic rings. The summed E-state index contributed by atoms with van der Waals surface area (Å²) in [4.78, 5) is 29.1. The number of nitrogens with zero attached hydrogens (tertiary/aromatic N) is 3. The molecule has 2 fully saturated rings. The van der Waals surface area contributed by atoms with Gasteiger partial charge in [0.2, 0.25) is 0 Å². The number of nitrogens with one attached hydrogen (secondary N) is 3. The number of rotatable bonds is 4. The zero-order valence-corrected chi connectivity index (χ0v) is 18.7. The van der Waals surface area contributed by atoms with Gasteiger partial charge in [-0.25, -0.2) is 9.59 Å². The van der Waals surface area contributed by atoms with Gasteiger partial charge in [-0.3, -0.25) is 0 Å². The first kappa shape index (κ1) is 22.5. The molecule has 8 heteroatoms. The van der Waals surface area contributed by atoms with Gasteiger partial charge >= 0.3 is 12.1 Å². The van der Waals surface area contributed by atoms with Gasteiger partial charge in [0.25, 0.3) is 0 Å². The van der Waals surface area contributed by atoms with E-state index < -0.39 is 0 Å². The average Bonchev–Trinajstić information content (AvgIpc) is 2.85. The van der Waals surface area contributed by atoms with Gasteiger partial charge in [0.1, 0.15) is 0 Å². The molecule has 2 aliphatic rings. The molecule has 0 unspecified atom stereocenters. The quantitative estimate of drug-likeness (QED) is 0.669. The predicted octanol–water partition coefficient (Wildman–Crippen LogP) is 3.52. The van der Waals surface area contributed by atoms with Crippen molar-refractivity contribution in [3.63, 3.8) is 0 Å². The molecule has 172 valence electrons. The molecule has 2 heterocycles. The number of anilines is 2. The molecule has 0 saturated carbocycles. The molecule has 0 bridgehead atoms. The van der Waals surface area contributed by atoms with Gasteiger partial charge in [-0.15, -0.1) is 0 Å². The molecule has 0 atom stereocenters. The number of hydrogen-bond acceptors (Lipinski definition) is 4. The van der Waals surface area contributed by atoms with E-state index in [0.29, 0.717) is 18.7 Å². The third-order valence-electron chi connectivity index (χ3n) is 6.33. The summed E-state index contributed by atoms with van der Waals surface area (Å²) >= 11 is 0. The molecule has 3 N–H and O–H groups in total. The van der Waals surface area contributed by atoms with Gasteiger partial charge in [-0.05, 0) is 62.1 Å². The molecule has 0 aliphatic carbocycles. The smallest absolute Gasteiger partial charge is 0.319 e. The van der Waals surface area contributed by atoms with Gasteiger partial charge in [-0.2, -0.15) is 5.26 Å². The van der Waals surface area contributed by atoms with Crippen LogP contribution < -0.4 is 20.9 Å². The number of hydrogen-bond donors (Lipinski definition) is 3. The van der Waals surface area contributed by atoms with Crippen LogP contribution in [0.25, 0.3) is 0 Å². The van der Waals surface area contributed by atoms with E-state index in [-0.39, 0.29) is 24.1 Å². The highest BCUT2D eigenvalue weighted by Gasteiger charge is 2.27. The number of piperidine rings is 2. The average molecular weight is 447 g/mol. The Labute approximate surface area is 194 Å². The second-order valence-corrected chi connectivity index (χ2v) is 8.60. The normalized spacial score (nSPS) is 17.2. The van der Waals surface area contributed by atoms with E-state index in [9.17, 15) is 9.59 Å². The molecule has 2 aliphatic heterocycles. The fourth-order valence-corrected chi connectivity index (χ4v) is 4.40. The van der Waals surface area contributed by atoms with Crippen molar-refractivity contribution >= 4 is 23.4 Å². The van der Waals surface area contributed by atoms with Gasteiger partial charge in [-0.1, -0.05) is 18.2 Å². The van der Waals surface area contributed by atoms with Gasteiger partial charge in [0.05, 0.1) is 11.6 Å². The lowest BCUT2D eigenvalue weighted by Crippen LogP contribution is -2.53. The van der Waals surface area contributed by atoms with Crippen molar-refractivity contribution in [1.29, 1.82) is 5.26 Å². The second-order valence-electron chi connectivity index (χ2n) is 8.60. The molecular weight excluding hydrogens is 416 g/mol. The number of amides is 4. The Hall–Kier alpha value is -3.73. The van der Waals surface area contributed by atoms with Crippen LogP contribution in [0.4, 0.5) is 21.0 Å². The topological polar surface area (TPSA) is 100 Å². The summed E-state index contributed by atoms with van der Waals surface area (Å²) in [5.74, 6) is 0. The molecule has 0 spiro atoms. The highest BCUT2D eigenvalue weighted by atomic mass is 16.2. The van der Waals surface area contributed by atoms with Gasteiger partial charge in [0.15, 0.2) is 0 Å². The number of para-hydroxylation sites is 1. The van der Waals surface area contributed by atoms with Crippen molar-refractivity contribution in [1.82, 2.24) is 15.5 Å². The fraction of sp³-hybridized carbons (Fsp3) is 0.400. The lowest BCUT2D eigenvalue weighted by Gasteiger charge is -2.36. The van der Waals surface area contributed by atoms with Crippen molar-refractivity contribution < 1.29 is 9.59 Å². The van der Waals surface area contributed by atoms with E-state index in [0.717, 1.165) is 50.1 Å². The predicted molar refractivity (Wildman–Crippen MR) is 128 cm³/mol. The van der Waals surface area contributed by atoms with Crippen molar-refractivity contribution in [2.24, 2.45) is 0 Å². The van der Waals surface area contributed by atoms with E-state index in [1.807, 2.05) is 59.5 Å². The van der Waals surface area contributed by atoms with E-state index in [1.54, 1.807) is 0 Å². The molecule has 0 radical (unpaired) electrons. The summed E-state index contributed by atoms with van der Waals surface area (Å²) < 4.78 is 0. The van der Waals surface area contributed by atoms with Crippen LogP contribution in [0.3, 0.4) is 0 Å². The maximum atomic E-state index is 12.7.